The van der Waals surface area contributed by atoms with Gasteiger partial charge in [-0.2, -0.15) is 0 Å². The summed E-state index contributed by atoms with van der Waals surface area (Å²) in [7, 11) is -3.01. The number of carbonyl (C=O) groups excluding carboxylic acids is 1. The van der Waals surface area contributed by atoms with Crippen LogP contribution in [-0.2, 0) is 19.4 Å². The third-order valence-corrected chi connectivity index (χ3v) is 4.37. The maximum Gasteiger partial charge on any atom is 0.303 e. The molecule has 0 unspecified atom stereocenters. The van der Waals surface area contributed by atoms with Crippen LogP contribution in [0.1, 0.15) is 38.5 Å². The topological polar surface area (TPSA) is 101 Å². The SMILES string of the molecule is CS(=O)(=O)CC1(CNC(=O)CCCCC(=O)O)CC1. The normalized spacial score (nSPS) is 16.9. The summed E-state index contributed by atoms with van der Waals surface area (Å²) >= 11 is 0. The first-order valence-corrected chi connectivity index (χ1v) is 8.45. The molecule has 0 atom stereocenters. The maximum atomic E-state index is 11.5. The number of aliphatic carboxylic acids is 1. The van der Waals surface area contributed by atoms with Crippen molar-refractivity contribution in [2.24, 2.45) is 5.41 Å². The molecule has 1 saturated carbocycles. The number of hydrogen-bond donors (Lipinski definition) is 2. The average molecular weight is 291 g/mol. The molecular formula is C12H21NO5S. The van der Waals surface area contributed by atoms with Crippen molar-refractivity contribution < 1.29 is 23.1 Å². The van der Waals surface area contributed by atoms with Gasteiger partial charge in [-0.05, 0) is 25.7 Å². The van der Waals surface area contributed by atoms with Crippen LogP contribution < -0.4 is 5.32 Å². The summed E-state index contributed by atoms with van der Waals surface area (Å²) in [6, 6.07) is 0. The van der Waals surface area contributed by atoms with Gasteiger partial charge < -0.3 is 10.4 Å². The van der Waals surface area contributed by atoms with E-state index in [0.717, 1.165) is 12.8 Å². The third kappa shape index (κ3) is 7.15. The number of carboxylic acids is 1. The third-order valence-electron chi connectivity index (χ3n) is 3.23. The van der Waals surface area contributed by atoms with Crippen LogP contribution in [0.5, 0.6) is 0 Å². The van der Waals surface area contributed by atoms with Crippen molar-refractivity contribution in [1.82, 2.24) is 5.32 Å². The van der Waals surface area contributed by atoms with Crippen LogP contribution in [0.25, 0.3) is 0 Å². The number of amides is 1. The standard InChI is InChI=1S/C12H21NO5S/c1-19(17,18)9-12(6-7-12)8-13-10(14)4-2-3-5-11(15)16/h2-9H2,1H3,(H,13,14)(H,15,16). The highest BCUT2D eigenvalue weighted by Gasteiger charge is 2.45. The summed E-state index contributed by atoms with van der Waals surface area (Å²) in [5.41, 5.74) is -0.260. The molecular weight excluding hydrogens is 270 g/mol. The predicted octanol–water partition coefficient (Wildman–Crippen LogP) is 0.572. The predicted molar refractivity (Wildman–Crippen MR) is 70.5 cm³/mol. The Hall–Kier alpha value is -1.11. The minimum absolute atomic E-state index is 0.0747. The molecule has 7 heteroatoms. The van der Waals surface area contributed by atoms with E-state index >= 15 is 0 Å². The van der Waals surface area contributed by atoms with Crippen LogP contribution in [0, 0.1) is 5.41 Å². The van der Waals surface area contributed by atoms with Crippen molar-refractivity contribution in [1.29, 1.82) is 0 Å². The van der Waals surface area contributed by atoms with Crippen molar-refractivity contribution in [3.8, 4) is 0 Å². The molecule has 0 spiro atoms. The van der Waals surface area contributed by atoms with Crippen LogP contribution in [0.15, 0.2) is 0 Å². The van der Waals surface area contributed by atoms with Crippen LogP contribution in [-0.4, -0.2) is 44.0 Å². The molecule has 0 aromatic heterocycles. The summed E-state index contributed by atoms with van der Waals surface area (Å²) in [5.74, 6) is -0.866. The second kappa shape index (κ2) is 6.36. The van der Waals surface area contributed by atoms with E-state index in [2.05, 4.69) is 5.32 Å². The van der Waals surface area contributed by atoms with Gasteiger partial charge in [-0.3, -0.25) is 9.59 Å². The highest BCUT2D eigenvalue weighted by molar-refractivity contribution is 7.90. The molecule has 110 valence electrons. The minimum Gasteiger partial charge on any atom is -0.481 e. The first-order chi connectivity index (χ1) is 8.72. The molecule has 1 amide bonds. The lowest BCUT2D eigenvalue weighted by Crippen LogP contribution is -2.33. The average Bonchev–Trinajstić information content (AvgIpc) is 2.99. The highest BCUT2D eigenvalue weighted by Crippen LogP contribution is 2.46. The van der Waals surface area contributed by atoms with E-state index in [4.69, 9.17) is 5.11 Å². The lowest BCUT2D eigenvalue weighted by molar-refractivity contribution is -0.137. The van der Waals surface area contributed by atoms with E-state index < -0.39 is 15.8 Å². The summed E-state index contributed by atoms with van der Waals surface area (Å²) in [6.07, 6.45) is 4.27. The fourth-order valence-corrected chi connectivity index (χ4v) is 3.54. The smallest absolute Gasteiger partial charge is 0.303 e. The van der Waals surface area contributed by atoms with E-state index in [1.165, 1.54) is 6.26 Å². The lowest BCUT2D eigenvalue weighted by Gasteiger charge is -2.14. The van der Waals surface area contributed by atoms with E-state index in [1.54, 1.807) is 0 Å². The van der Waals surface area contributed by atoms with E-state index in [0.29, 0.717) is 25.8 Å². The zero-order valence-corrected chi connectivity index (χ0v) is 12.0. The van der Waals surface area contributed by atoms with E-state index in [-0.39, 0.29) is 23.5 Å². The molecule has 19 heavy (non-hydrogen) atoms. The van der Waals surface area contributed by atoms with Crippen LogP contribution >= 0.6 is 0 Å². The lowest BCUT2D eigenvalue weighted by atomic mass is 10.1. The minimum atomic E-state index is -3.01. The largest absolute Gasteiger partial charge is 0.481 e. The first-order valence-electron chi connectivity index (χ1n) is 6.39. The molecule has 0 aromatic rings. The Balaban J connectivity index is 2.18. The van der Waals surface area contributed by atoms with Gasteiger partial charge in [0.15, 0.2) is 0 Å². The second-order valence-electron chi connectivity index (χ2n) is 5.45. The molecule has 0 saturated heterocycles. The molecule has 0 aliphatic heterocycles. The zero-order chi connectivity index (χ0) is 14.5. The van der Waals surface area contributed by atoms with Gasteiger partial charge in [0, 0.05) is 31.1 Å². The van der Waals surface area contributed by atoms with Crippen molar-refractivity contribution in [2.45, 2.75) is 38.5 Å². The number of carbonyl (C=O) groups is 2. The Kier molecular flexibility index (Phi) is 5.34. The van der Waals surface area contributed by atoms with Gasteiger partial charge in [0.25, 0.3) is 0 Å². The van der Waals surface area contributed by atoms with Crippen molar-refractivity contribution >= 4 is 21.7 Å². The van der Waals surface area contributed by atoms with Gasteiger partial charge in [-0.1, -0.05) is 0 Å². The molecule has 0 bridgehead atoms. The van der Waals surface area contributed by atoms with Crippen molar-refractivity contribution in [2.75, 3.05) is 18.6 Å². The number of rotatable bonds is 9. The molecule has 1 aliphatic carbocycles. The molecule has 2 N–H and O–H groups in total. The molecule has 1 fully saturated rings. The fraction of sp³-hybridized carbons (Fsp3) is 0.833. The number of carboxylic acid groups (broad SMARTS) is 1. The van der Waals surface area contributed by atoms with Gasteiger partial charge >= 0.3 is 5.97 Å². The zero-order valence-electron chi connectivity index (χ0n) is 11.1. The summed E-state index contributed by atoms with van der Waals surface area (Å²) in [4.78, 5) is 21.8. The fourth-order valence-electron chi connectivity index (χ4n) is 2.04. The Bertz CT molecular complexity index is 439. The monoisotopic (exact) mass is 291 g/mol. The summed E-state index contributed by atoms with van der Waals surface area (Å²) in [6.45, 7) is 0.401. The van der Waals surface area contributed by atoms with Crippen molar-refractivity contribution in [3.05, 3.63) is 0 Å². The Morgan fingerprint density at radius 3 is 2.26 bits per heavy atom. The van der Waals surface area contributed by atoms with Gasteiger partial charge in [0.2, 0.25) is 5.91 Å². The summed E-state index contributed by atoms with van der Waals surface area (Å²) in [5, 5.41) is 11.2. The molecule has 1 aliphatic rings. The first kappa shape index (κ1) is 15.9. The van der Waals surface area contributed by atoms with Gasteiger partial charge in [-0.15, -0.1) is 0 Å². The number of hydrogen-bond acceptors (Lipinski definition) is 4. The van der Waals surface area contributed by atoms with Crippen molar-refractivity contribution in [3.63, 3.8) is 0 Å². The van der Waals surface area contributed by atoms with E-state index in [1.807, 2.05) is 0 Å². The molecule has 6 nitrogen and oxygen atoms in total. The number of unbranched alkanes of at least 4 members (excludes halogenated alkanes) is 1. The highest BCUT2D eigenvalue weighted by atomic mass is 32.2. The molecule has 0 radical (unpaired) electrons. The molecule has 0 heterocycles. The molecule has 0 aromatic carbocycles. The quantitative estimate of drug-likeness (QED) is 0.605. The van der Waals surface area contributed by atoms with Crippen LogP contribution in [0.3, 0.4) is 0 Å². The van der Waals surface area contributed by atoms with Crippen LogP contribution in [0.4, 0.5) is 0 Å². The number of nitrogens with one attached hydrogen (secondary N) is 1. The van der Waals surface area contributed by atoms with E-state index in [9.17, 15) is 18.0 Å². The maximum absolute atomic E-state index is 11.5. The Morgan fingerprint density at radius 1 is 1.21 bits per heavy atom. The van der Waals surface area contributed by atoms with Crippen LogP contribution in [0.2, 0.25) is 0 Å². The van der Waals surface area contributed by atoms with Gasteiger partial charge in [-0.25, -0.2) is 8.42 Å². The second-order valence-corrected chi connectivity index (χ2v) is 7.59. The van der Waals surface area contributed by atoms with Gasteiger partial charge in [0.05, 0.1) is 5.75 Å². The molecule has 1 rings (SSSR count). The van der Waals surface area contributed by atoms with Gasteiger partial charge in [0.1, 0.15) is 9.84 Å². The Labute approximate surface area is 113 Å². The number of sulfone groups is 1. The Morgan fingerprint density at radius 2 is 1.79 bits per heavy atom. The summed E-state index contributed by atoms with van der Waals surface area (Å²) < 4.78 is 22.5.